The number of carbonyl (C=O) groups excluding carboxylic acids is 1. The van der Waals surface area contributed by atoms with E-state index < -0.39 is 0 Å². The Labute approximate surface area is 112 Å². The van der Waals surface area contributed by atoms with Crippen LogP contribution in [0.15, 0.2) is 24.3 Å². The van der Waals surface area contributed by atoms with Crippen molar-refractivity contribution in [2.24, 2.45) is 0 Å². The van der Waals surface area contributed by atoms with Crippen LogP contribution in [-0.4, -0.2) is 23.8 Å². The van der Waals surface area contributed by atoms with Crippen LogP contribution in [0.3, 0.4) is 0 Å². The zero-order valence-electron chi connectivity index (χ0n) is 10.4. The number of halogens is 1. The van der Waals surface area contributed by atoms with Crippen molar-refractivity contribution in [2.75, 3.05) is 11.9 Å². The molecule has 0 aliphatic heterocycles. The second-order valence-corrected chi connectivity index (χ2v) is 4.53. The molecule has 100 valence electrons. The SMILES string of the molecule is CC[C@H](O)CCCNC(=O)Nc1ccc(Cl)cc1. The van der Waals surface area contributed by atoms with Crippen LogP contribution in [0.25, 0.3) is 0 Å². The first-order valence-corrected chi connectivity index (χ1v) is 6.48. The van der Waals surface area contributed by atoms with Gasteiger partial charge in [0.1, 0.15) is 0 Å². The minimum Gasteiger partial charge on any atom is -0.393 e. The number of rotatable bonds is 6. The maximum atomic E-state index is 11.5. The molecule has 0 aromatic heterocycles. The molecule has 1 aromatic rings. The molecule has 4 nitrogen and oxygen atoms in total. The lowest BCUT2D eigenvalue weighted by molar-refractivity contribution is 0.157. The van der Waals surface area contributed by atoms with Crippen LogP contribution in [0, 0.1) is 0 Å². The Hall–Kier alpha value is -1.26. The fraction of sp³-hybridized carbons (Fsp3) is 0.462. The largest absolute Gasteiger partial charge is 0.393 e. The van der Waals surface area contributed by atoms with Gasteiger partial charge in [0.05, 0.1) is 6.10 Å². The predicted molar refractivity (Wildman–Crippen MR) is 74.0 cm³/mol. The average molecular weight is 271 g/mol. The van der Waals surface area contributed by atoms with Crippen LogP contribution in [0.1, 0.15) is 26.2 Å². The minimum atomic E-state index is -0.272. The molecule has 0 saturated carbocycles. The van der Waals surface area contributed by atoms with Gasteiger partial charge in [-0.3, -0.25) is 0 Å². The maximum Gasteiger partial charge on any atom is 0.319 e. The first-order valence-electron chi connectivity index (χ1n) is 6.10. The zero-order valence-corrected chi connectivity index (χ0v) is 11.2. The smallest absolute Gasteiger partial charge is 0.319 e. The van der Waals surface area contributed by atoms with Crippen molar-refractivity contribution in [1.29, 1.82) is 0 Å². The van der Waals surface area contributed by atoms with Gasteiger partial charge in [0, 0.05) is 17.3 Å². The molecule has 1 aromatic carbocycles. The third kappa shape index (κ3) is 5.89. The van der Waals surface area contributed by atoms with Crippen LogP contribution in [0.4, 0.5) is 10.5 Å². The lowest BCUT2D eigenvalue weighted by Gasteiger charge is -2.09. The number of urea groups is 1. The fourth-order valence-corrected chi connectivity index (χ4v) is 1.58. The lowest BCUT2D eigenvalue weighted by atomic mass is 10.1. The molecule has 0 aliphatic rings. The third-order valence-corrected chi connectivity index (χ3v) is 2.82. The van der Waals surface area contributed by atoms with E-state index in [-0.39, 0.29) is 12.1 Å². The minimum absolute atomic E-state index is 0.247. The summed E-state index contributed by atoms with van der Waals surface area (Å²) in [5.74, 6) is 0. The molecule has 0 spiro atoms. The second kappa shape index (κ2) is 7.95. The summed E-state index contributed by atoms with van der Waals surface area (Å²) in [6.45, 7) is 2.49. The molecule has 5 heteroatoms. The molecular weight excluding hydrogens is 252 g/mol. The molecule has 3 N–H and O–H groups in total. The first-order chi connectivity index (χ1) is 8.61. The van der Waals surface area contributed by atoms with Crippen molar-refractivity contribution in [3.05, 3.63) is 29.3 Å². The standard InChI is InChI=1S/C13H19ClN2O2/c1-2-12(17)4-3-9-15-13(18)16-11-7-5-10(14)6-8-11/h5-8,12,17H,2-4,9H2,1H3,(H2,15,16,18)/t12-/m0/s1. The summed E-state index contributed by atoms with van der Waals surface area (Å²) < 4.78 is 0. The van der Waals surface area contributed by atoms with E-state index in [0.29, 0.717) is 23.7 Å². The van der Waals surface area contributed by atoms with E-state index >= 15 is 0 Å². The van der Waals surface area contributed by atoms with Crippen LogP contribution < -0.4 is 10.6 Å². The van der Waals surface area contributed by atoms with Crippen molar-refractivity contribution in [2.45, 2.75) is 32.3 Å². The monoisotopic (exact) mass is 270 g/mol. The lowest BCUT2D eigenvalue weighted by Crippen LogP contribution is -2.29. The Bertz CT molecular complexity index is 368. The van der Waals surface area contributed by atoms with Crippen LogP contribution in [0.5, 0.6) is 0 Å². The van der Waals surface area contributed by atoms with Crippen molar-refractivity contribution in [1.82, 2.24) is 5.32 Å². The molecule has 0 radical (unpaired) electrons. The number of nitrogens with one attached hydrogen (secondary N) is 2. The number of aliphatic hydroxyl groups excluding tert-OH is 1. The molecule has 1 rings (SSSR count). The van der Waals surface area contributed by atoms with Gasteiger partial charge in [-0.25, -0.2) is 4.79 Å². The molecule has 1 atom stereocenters. The molecule has 0 fully saturated rings. The first kappa shape index (κ1) is 14.8. The van der Waals surface area contributed by atoms with E-state index in [1.807, 2.05) is 6.92 Å². The van der Waals surface area contributed by atoms with Gasteiger partial charge in [0.2, 0.25) is 0 Å². The van der Waals surface area contributed by atoms with E-state index in [1.54, 1.807) is 24.3 Å². The molecule has 0 unspecified atom stereocenters. The van der Waals surface area contributed by atoms with E-state index in [1.165, 1.54) is 0 Å². The summed E-state index contributed by atoms with van der Waals surface area (Å²) in [7, 11) is 0. The number of hydrogen-bond acceptors (Lipinski definition) is 2. The van der Waals surface area contributed by atoms with E-state index in [2.05, 4.69) is 10.6 Å². The number of amides is 2. The summed E-state index contributed by atoms with van der Waals surface area (Å²) in [5, 5.41) is 15.4. The Morgan fingerprint density at radius 2 is 2.06 bits per heavy atom. The van der Waals surface area contributed by atoms with E-state index in [0.717, 1.165) is 12.8 Å². The number of hydrogen-bond donors (Lipinski definition) is 3. The quantitative estimate of drug-likeness (QED) is 0.696. The van der Waals surface area contributed by atoms with Gasteiger partial charge in [-0.05, 0) is 43.5 Å². The van der Waals surface area contributed by atoms with Gasteiger partial charge in [-0.2, -0.15) is 0 Å². The topological polar surface area (TPSA) is 61.4 Å². The fourth-order valence-electron chi connectivity index (χ4n) is 1.45. The molecular formula is C13H19ClN2O2. The van der Waals surface area contributed by atoms with Crippen LogP contribution in [-0.2, 0) is 0 Å². The van der Waals surface area contributed by atoms with Crippen molar-refractivity contribution < 1.29 is 9.90 Å². The van der Waals surface area contributed by atoms with E-state index in [4.69, 9.17) is 11.6 Å². The van der Waals surface area contributed by atoms with E-state index in [9.17, 15) is 9.90 Å². The van der Waals surface area contributed by atoms with Crippen molar-refractivity contribution in [3.63, 3.8) is 0 Å². The molecule has 18 heavy (non-hydrogen) atoms. The van der Waals surface area contributed by atoms with Crippen molar-refractivity contribution >= 4 is 23.3 Å². The summed E-state index contributed by atoms with van der Waals surface area (Å²) in [6, 6.07) is 6.66. The molecule has 0 bridgehead atoms. The van der Waals surface area contributed by atoms with Crippen LogP contribution >= 0.6 is 11.6 Å². The molecule has 0 heterocycles. The zero-order chi connectivity index (χ0) is 13.4. The van der Waals surface area contributed by atoms with Gasteiger partial charge in [0.25, 0.3) is 0 Å². The Balaban J connectivity index is 2.19. The highest BCUT2D eigenvalue weighted by Crippen LogP contribution is 2.13. The summed E-state index contributed by atoms with van der Waals surface area (Å²) in [6.07, 6.45) is 1.95. The maximum absolute atomic E-state index is 11.5. The summed E-state index contributed by atoms with van der Waals surface area (Å²) in [4.78, 5) is 11.5. The molecule has 0 saturated heterocycles. The van der Waals surface area contributed by atoms with Crippen LogP contribution in [0.2, 0.25) is 5.02 Å². The summed E-state index contributed by atoms with van der Waals surface area (Å²) in [5.41, 5.74) is 0.700. The third-order valence-electron chi connectivity index (χ3n) is 2.57. The number of anilines is 1. The van der Waals surface area contributed by atoms with Gasteiger partial charge in [-0.15, -0.1) is 0 Å². The van der Waals surface area contributed by atoms with Gasteiger partial charge >= 0.3 is 6.03 Å². The van der Waals surface area contributed by atoms with Gasteiger partial charge in [0.15, 0.2) is 0 Å². The highest BCUT2D eigenvalue weighted by atomic mass is 35.5. The normalized spacial score (nSPS) is 11.9. The highest BCUT2D eigenvalue weighted by molar-refractivity contribution is 6.30. The molecule has 0 aliphatic carbocycles. The predicted octanol–water partition coefficient (Wildman–Crippen LogP) is 3.01. The number of carbonyl (C=O) groups is 1. The average Bonchev–Trinajstić information content (AvgIpc) is 2.37. The number of aliphatic hydroxyl groups is 1. The Morgan fingerprint density at radius 3 is 2.67 bits per heavy atom. The second-order valence-electron chi connectivity index (χ2n) is 4.09. The van der Waals surface area contributed by atoms with Gasteiger partial charge in [-0.1, -0.05) is 18.5 Å². The Kier molecular flexibility index (Phi) is 6.54. The number of benzene rings is 1. The molecule has 2 amide bonds. The van der Waals surface area contributed by atoms with Gasteiger partial charge < -0.3 is 15.7 Å². The Morgan fingerprint density at radius 1 is 1.39 bits per heavy atom. The van der Waals surface area contributed by atoms with Crippen molar-refractivity contribution in [3.8, 4) is 0 Å². The summed E-state index contributed by atoms with van der Waals surface area (Å²) >= 11 is 5.74. The highest BCUT2D eigenvalue weighted by Gasteiger charge is 2.03.